The Bertz CT molecular complexity index is 892. The zero-order valence-corrected chi connectivity index (χ0v) is 14.8. The van der Waals surface area contributed by atoms with Gasteiger partial charge < -0.3 is 5.32 Å². The molecule has 0 aliphatic rings. The number of aromatic nitrogens is 2. The predicted octanol–water partition coefficient (Wildman–Crippen LogP) is 3.96. The summed E-state index contributed by atoms with van der Waals surface area (Å²) in [6.07, 6.45) is 1.72. The van der Waals surface area contributed by atoms with E-state index in [-0.39, 0.29) is 11.6 Å². The average Bonchev–Trinajstić information content (AvgIpc) is 2.54. The van der Waals surface area contributed by atoms with Crippen LogP contribution in [0.1, 0.15) is 24.2 Å². The number of benzene rings is 1. The highest BCUT2D eigenvalue weighted by atomic mass is 79.9. The second-order valence-corrected chi connectivity index (χ2v) is 6.67. The van der Waals surface area contributed by atoms with E-state index in [2.05, 4.69) is 33.2 Å². The van der Waals surface area contributed by atoms with Gasteiger partial charge in [-0.2, -0.15) is 0 Å². The highest BCUT2D eigenvalue weighted by Crippen LogP contribution is 2.16. The maximum atomic E-state index is 12.2. The first-order valence-electron chi connectivity index (χ1n) is 7.19. The van der Waals surface area contributed by atoms with E-state index in [1.54, 1.807) is 12.3 Å². The number of pyridine rings is 1. The molecule has 1 atom stereocenters. The number of hydrogen-bond acceptors (Lipinski definition) is 3. The van der Waals surface area contributed by atoms with Crippen molar-refractivity contribution < 1.29 is 0 Å². The number of fused-ring (bicyclic) bond motifs is 1. The molecule has 0 amide bonds. The van der Waals surface area contributed by atoms with Gasteiger partial charge in [0.05, 0.1) is 5.69 Å². The Morgan fingerprint density at radius 3 is 2.74 bits per heavy atom. The van der Waals surface area contributed by atoms with Gasteiger partial charge in [0.1, 0.15) is 5.65 Å². The number of hydrogen-bond donors (Lipinski definition) is 1. The minimum Gasteiger partial charge on any atom is -0.305 e. The lowest BCUT2D eigenvalue weighted by molar-refractivity contribution is 0.567. The second-order valence-electron chi connectivity index (χ2n) is 5.32. The van der Waals surface area contributed by atoms with E-state index in [4.69, 9.17) is 11.6 Å². The Hall–Kier alpha value is -1.69. The van der Waals surface area contributed by atoms with Gasteiger partial charge in [-0.3, -0.25) is 9.20 Å². The summed E-state index contributed by atoms with van der Waals surface area (Å²) in [6.45, 7) is 2.58. The average molecular weight is 393 g/mol. The molecule has 1 aromatic carbocycles. The summed E-state index contributed by atoms with van der Waals surface area (Å²) in [7, 11) is 0. The van der Waals surface area contributed by atoms with E-state index >= 15 is 0 Å². The van der Waals surface area contributed by atoms with Gasteiger partial charge in [-0.05, 0) is 52.7 Å². The zero-order chi connectivity index (χ0) is 16.4. The lowest BCUT2D eigenvalue weighted by Crippen LogP contribution is -2.22. The molecular formula is C17H15BrClN3O. The molecule has 4 nitrogen and oxygen atoms in total. The predicted molar refractivity (Wildman–Crippen MR) is 95.9 cm³/mol. The monoisotopic (exact) mass is 391 g/mol. The van der Waals surface area contributed by atoms with Crippen molar-refractivity contribution in [2.45, 2.75) is 19.5 Å². The molecule has 0 saturated carbocycles. The van der Waals surface area contributed by atoms with Crippen LogP contribution < -0.4 is 10.9 Å². The second kappa shape index (κ2) is 6.83. The fourth-order valence-electron chi connectivity index (χ4n) is 2.34. The van der Waals surface area contributed by atoms with E-state index in [0.29, 0.717) is 12.2 Å². The molecule has 0 bridgehead atoms. The molecule has 0 saturated heterocycles. The third-order valence-electron chi connectivity index (χ3n) is 3.64. The van der Waals surface area contributed by atoms with Crippen molar-refractivity contribution in [2.75, 3.05) is 0 Å². The molecule has 0 fully saturated rings. The summed E-state index contributed by atoms with van der Waals surface area (Å²) in [5.74, 6) is 0. The molecule has 2 heterocycles. The van der Waals surface area contributed by atoms with Crippen LogP contribution in [0.15, 0.2) is 57.9 Å². The smallest absolute Gasteiger partial charge is 0.258 e. The quantitative estimate of drug-likeness (QED) is 0.731. The van der Waals surface area contributed by atoms with Crippen LogP contribution >= 0.6 is 27.5 Å². The SMILES string of the molecule is C[C@@H](NCc1cc(=O)n2cc(Br)ccc2n1)c1ccc(Cl)cc1. The minimum absolute atomic E-state index is 0.0905. The number of rotatable bonds is 4. The van der Waals surface area contributed by atoms with Crippen LogP contribution in [-0.2, 0) is 6.54 Å². The van der Waals surface area contributed by atoms with Gasteiger partial charge in [-0.1, -0.05) is 23.7 Å². The van der Waals surface area contributed by atoms with E-state index in [1.165, 1.54) is 4.40 Å². The van der Waals surface area contributed by atoms with Crippen molar-refractivity contribution in [2.24, 2.45) is 0 Å². The fraction of sp³-hybridized carbons (Fsp3) is 0.176. The number of halogens is 2. The fourth-order valence-corrected chi connectivity index (χ4v) is 2.81. The maximum absolute atomic E-state index is 12.2. The van der Waals surface area contributed by atoms with Gasteiger partial charge in [0.2, 0.25) is 0 Å². The molecule has 0 radical (unpaired) electrons. The van der Waals surface area contributed by atoms with Gasteiger partial charge in [0, 0.05) is 34.3 Å². The Balaban J connectivity index is 1.78. The van der Waals surface area contributed by atoms with Crippen LogP contribution in [-0.4, -0.2) is 9.38 Å². The largest absolute Gasteiger partial charge is 0.305 e. The van der Waals surface area contributed by atoms with Crippen LogP contribution in [0, 0.1) is 0 Å². The molecule has 2 aromatic heterocycles. The number of nitrogens with zero attached hydrogens (tertiary/aromatic N) is 2. The molecule has 3 aromatic rings. The molecule has 6 heteroatoms. The molecular weight excluding hydrogens is 378 g/mol. The first-order valence-corrected chi connectivity index (χ1v) is 8.37. The summed E-state index contributed by atoms with van der Waals surface area (Å²) in [6, 6.07) is 13.1. The standard InChI is InChI=1S/C17H15BrClN3O/c1-11(12-2-5-14(19)6-3-12)20-9-15-8-17(23)22-10-13(18)4-7-16(22)21-15/h2-8,10-11,20H,9H2,1H3/t11-/m1/s1. The molecule has 0 spiro atoms. The van der Waals surface area contributed by atoms with Crippen molar-refractivity contribution >= 4 is 33.2 Å². The van der Waals surface area contributed by atoms with E-state index < -0.39 is 0 Å². The summed E-state index contributed by atoms with van der Waals surface area (Å²) in [5, 5.41) is 4.09. The maximum Gasteiger partial charge on any atom is 0.258 e. The summed E-state index contributed by atoms with van der Waals surface area (Å²) < 4.78 is 2.37. The van der Waals surface area contributed by atoms with Crippen molar-refractivity contribution in [1.29, 1.82) is 0 Å². The van der Waals surface area contributed by atoms with Crippen LogP contribution in [0.25, 0.3) is 5.65 Å². The van der Waals surface area contributed by atoms with Crippen molar-refractivity contribution in [3.05, 3.63) is 79.8 Å². The van der Waals surface area contributed by atoms with Gasteiger partial charge in [-0.15, -0.1) is 0 Å². The summed E-state index contributed by atoms with van der Waals surface area (Å²) >= 11 is 9.26. The van der Waals surface area contributed by atoms with Gasteiger partial charge in [0.15, 0.2) is 0 Å². The van der Waals surface area contributed by atoms with Crippen LogP contribution in [0.2, 0.25) is 5.02 Å². The first-order chi connectivity index (χ1) is 11.0. The topological polar surface area (TPSA) is 46.4 Å². The van der Waals surface area contributed by atoms with E-state index in [1.807, 2.05) is 36.4 Å². The van der Waals surface area contributed by atoms with E-state index in [0.717, 1.165) is 20.8 Å². The van der Waals surface area contributed by atoms with Crippen LogP contribution in [0.5, 0.6) is 0 Å². The molecule has 3 rings (SSSR count). The Kier molecular flexibility index (Phi) is 4.80. The third kappa shape index (κ3) is 3.80. The minimum atomic E-state index is -0.0905. The Morgan fingerprint density at radius 1 is 1.26 bits per heavy atom. The van der Waals surface area contributed by atoms with E-state index in [9.17, 15) is 4.79 Å². The first kappa shape index (κ1) is 16.2. The molecule has 1 N–H and O–H groups in total. The highest BCUT2D eigenvalue weighted by molar-refractivity contribution is 9.10. The highest BCUT2D eigenvalue weighted by Gasteiger charge is 2.07. The van der Waals surface area contributed by atoms with Crippen molar-refractivity contribution in [3.63, 3.8) is 0 Å². The Morgan fingerprint density at radius 2 is 2.00 bits per heavy atom. The van der Waals surface area contributed by atoms with Crippen LogP contribution in [0.4, 0.5) is 0 Å². The Labute approximate surface area is 147 Å². The van der Waals surface area contributed by atoms with Crippen molar-refractivity contribution in [1.82, 2.24) is 14.7 Å². The molecule has 0 aliphatic carbocycles. The molecule has 23 heavy (non-hydrogen) atoms. The lowest BCUT2D eigenvalue weighted by Gasteiger charge is -2.14. The lowest BCUT2D eigenvalue weighted by atomic mass is 10.1. The van der Waals surface area contributed by atoms with Crippen molar-refractivity contribution in [3.8, 4) is 0 Å². The normalized spacial score (nSPS) is 12.5. The van der Waals surface area contributed by atoms with Gasteiger partial charge >= 0.3 is 0 Å². The third-order valence-corrected chi connectivity index (χ3v) is 4.36. The zero-order valence-electron chi connectivity index (χ0n) is 12.5. The van der Waals surface area contributed by atoms with Crippen LogP contribution in [0.3, 0.4) is 0 Å². The number of nitrogens with one attached hydrogen (secondary N) is 1. The molecule has 118 valence electrons. The molecule has 0 unspecified atom stereocenters. The summed E-state index contributed by atoms with van der Waals surface area (Å²) in [5.41, 5.74) is 2.40. The summed E-state index contributed by atoms with van der Waals surface area (Å²) in [4.78, 5) is 16.7. The van der Waals surface area contributed by atoms with Gasteiger partial charge in [-0.25, -0.2) is 4.98 Å². The molecule has 0 aliphatic heterocycles. The van der Waals surface area contributed by atoms with Gasteiger partial charge in [0.25, 0.3) is 5.56 Å².